The number of carbonyl (C=O) groups is 1. The van der Waals surface area contributed by atoms with Gasteiger partial charge in [-0.1, -0.05) is 34.6 Å². The topological polar surface area (TPSA) is 85.0 Å². The molecule has 216 valence electrons. The molecular formula is C32H44N4O4. The van der Waals surface area contributed by atoms with Crippen LogP contribution in [-0.4, -0.2) is 55.8 Å². The van der Waals surface area contributed by atoms with Crippen molar-refractivity contribution in [2.45, 2.75) is 47.5 Å². The molecule has 1 aliphatic rings. The second kappa shape index (κ2) is 13.2. The first kappa shape index (κ1) is 29.5. The average Bonchev–Trinajstić information content (AvgIpc) is 2.88. The molecule has 0 spiro atoms. The maximum atomic E-state index is 12.2. The third-order valence-corrected chi connectivity index (χ3v) is 7.10. The van der Waals surface area contributed by atoms with Crippen LogP contribution >= 0.6 is 0 Å². The third-order valence-electron chi connectivity index (χ3n) is 7.10. The minimum atomic E-state index is -0.219. The number of hydrogen-bond acceptors (Lipinski definition) is 6. The number of benzene rings is 2. The van der Waals surface area contributed by atoms with E-state index in [2.05, 4.69) is 55.1 Å². The SMILES string of the molecule is COc1cc2c(Oc3ccc(NC(=O)NCCC(C)(C)C)cc3)ccnc2cc1OCCN1CC(C)CC(C)C1. The van der Waals surface area contributed by atoms with Crippen molar-refractivity contribution in [3.8, 4) is 23.0 Å². The van der Waals surface area contributed by atoms with Crippen molar-refractivity contribution in [2.24, 2.45) is 17.3 Å². The Morgan fingerprint density at radius 3 is 2.42 bits per heavy atom. The first-order chi connectivity index (χ1) is 19.1. The largest absolute Gasteiger partial charge is 0.493 e. The van der Waals surface area contributed by atoms with Gasteiger partial charge in [0.25, 0.3) is 0 Å². The lowest BCUT2D eigenvalue weighted by Crippen LogP contribution is -2.40. The number of hydrogen-bond donors (Lipinski definition) is 2. The van der Waals surface area contributed by atoms with E-state index >= 15 is 0 Å². The van der Waals surface area contributed by atoms with Gasteiger partial charge >= 0.3 is 6.03 Å². The fourth-order valence-corrected chi connectivity index (χ4v) is 5.21. The molecule has 8 nitrogen and oxygen atoms in total. The summed E-state index contributed by atoms with van der Waals surface area (Å²) in [6.45, 7) is 15.4. The summed E-state index contributed by atoms with van der Waals surface area (Å²) in [4.78, 5) is 19.2. The number of likely N-dealkylation sites (tertiary alicyclic amines) is 1. The Balaban J connectivity index is 1.38. The predicted molar refractivity (Wildman–Crippen MR) is 161 cm³/mol. The monoisotopic (exact) mass is 548 g/mol. The van der Waals surface area contributed by atoms with Gasteiger partial charge in [0.2, 0.25) is 0 Å². The number of nitrogens with one attached hydrogen (secondary N) is 2. The standard InChI is InChI=1S/C32H44N4O4/c1-22-17-23(2)21-36(20-22)15-16-39-30-19-27-26(18-29(30)38-6)28(11-13-33-27)40-25-9-7-24(8-10-25)35-31(37)34-14-12-32(3,4)5/h7-11,13,18-19,22-23H,12,14-17,20-21H2,1-6H3,(H2,34,35,37). The molecule has 40 heavy (non-hydrogen) atoms. The normalized spacial score (nSPS) is 17.9. The predicted octanol–water partition coefficient (Wildman–Crippen LogP) is 6.95. The molecule has 1 aliphatic heterocycles. The summed E-state index contributed by atoms with van der Waals surface area (Å²) >= 11 is 0. The maximum Gasteiger partial charge on any atom is 0.319 e. The van der Waals surface area contributed by atoms with Crippen molar-refractivity contribution >= 4 is 22.6 Å². The van der Waals surface area contributed by atoms with E-state index in [9.17, 15) is 4.79 Å². The Labute approximate surface area is 238 Å². The van der Waals surface area contributed by atoms with Gasteiger partial charge < -0.3 is 24.8 Å². The number of carbonyl (C=O) groups excluding carboxylic acids is 1. The van der Waals surface area contributed by atoms with Gasteiger partial charge in [-0.05, 0) is 66.5 Å². The lowest BCUT2D eigenvalue weighted by Gasteiger charge is -2.34. The van der Waals surface area contributed by atoms with Crippen LogP contribution in [0.1, 0.15) is 47.5 Å². The van der Waals surface area contributed by atoms with Crippen LogP contribution in [0.15, 0.2) is 48.7 Å². The quantitative estimate of drug-likeness (QED) is 0.285. The lowest BCUT2D eigenvalue weighted by molar-refractivity contribution is 0.120. The maximum absolute atomic E-state index is 12.2. The Bertz CT molecular complexity index is 1260. The second-order valence-corrected chi connectivity index (χ2v) is 12.2. The van der Waals surface area contributed by atoms with Crippen LogP contribution in [0.4, 0.5) is 10.5 Å². The number of rotatable bonds is 10. The van der Waals surface area contributed by atoms with E-state index in [0.29, 0.717) is 41.8 Å². The fourth-order valence-electron chi connectivity index (χ4n) is 5.21. The van der Waals surface area contributed by atoms with Crippen LogP contribution in [0.2, 0.25) is 0 Å². The Morgan fingerprint density at radius 1 is 1.02 bits per heavy atom. The summed E-state index contributed by atoms with van der Waals surface area (Å²) < 4.78 is 18.0. The molecule has 8 heteroatoms. The van der Waals surface area contributed by atoms with Crippen molar-refractivity contribution in [2.75, 3.05) is 45.2 Å². The molecule has 4 rings (SSSR count). The van der Waals surface area contributed by atoms with Crippen molar-refractivity contribution in [3.63, 3.8) is 0 Å². The summed E-state index contributed by atoms with van der Waals surface area (Å²) in [5, 5.41) is 6.59. The number of methoxy groups -OCH3 is 1. The Hall–Kier alpha value is -3.52. The Kier molecular flexibility index (Phi) is 9.74. The van der Waals surface area contributed by atoms with Crippen LogP contribution in [0.3, 0.4) is 0 Å². The van der Waals surface area contributed by atoms with E-state index in [1.807, 2.05) is 42.5 Å². The number of anilines is 1. The molecule has 1 aromatic heterocycles. The number of fused-ring (bicyclic) bond motifs is 1. The molecule has 1 saturated heterocycles. The third kappa shape index (κ3) is 8.49. The number of urea groups is 1. The highest BCUT2D eigenvalue weighted by molar-refractivity contribution is 5.89. The smallest absolute Gasteiger partial charge is 0.319 e. The van der Waals surface area contributed by atoms with Gasteiger partial charge in [-0.25, -0.2) is 4.79 Å². The first-order valence-corrected chi connectivity index (χ1v) is 14.2. The van der Waals surface area contributed by atoms with Crippen LogP contribution < -0.4 is 24.8 Å². The van der Waals surface area contributed by atoms with Crippen LogP contribution in [0.25, 0.3) is 10.9 Å². The van der Waals surface area contributed by atoms with Gasteiger partial charge in [-0.2, -0.15) is 0 Å². The highest BCUT2D eigenvalue weighted by atomic mass is 16.5. The van der Waals surface area contributed by atoms with Crippen LogP contribution in [0.5, 0.6) is 23.0 Å². The molecule has 2 amide bonds. The number of aromatic nitrogens is 1. The summed E-state index contributed by atoms with van der Waals surface area (Å²) in [6, 6.07) is 12.7. The molecule has 0 aliphatic carbocycles. The molecule has 2 atom stereocenters. The van der Waals surface area contributed by atoms with Gasteiger partial charge in [0.15, 0.2) is 11.5 Å². The number of pyridine rings is 1. The van der Waals surface area contributed by atoms with E-state index < -0.39 is 0 Å². The summed E-state index contributed by atoms with van der Waals surface area (Å²) in [7, 11) is 1.64. The van der Waals surface area contributed by atoms with Crippen LogP contribution in [0, 0.1) is 17.3 Å². The molecule has 1 fully saturated rings. The molecule has 3 aromatic rings. The van der Waals surface area contributed by atoms with Crippen molar-refractivity contribution in [1.82, 2.24) is 15.2 Å². The molecular weight excluding hydrogens is 504 g/mol. The number of ether oxygens (including phenoxy) is 3. The number of piperidine rings is 1. The van der Waals surface area contributed by atoms with E-state index in [1.165, 1.54) is 6.42 Å². The second-order valence-electron chi connectivity index (χ2n) is 12.2. The van der Waals surface area contributed by atoms with Gasteiger partial charge in [0, 0.05) is 49.5 Å². The van der Waals surface area contributed by atoms with E-state index in [4.69, 9.17) is 14.2 Å². The zero-order valence-electron chi connectivity index (χ0n) is 24.8. The molecule has 2 unspecified atom stereocenters. The molecule has 0 bridgehead atoms. The highest BCUT2D eigenvalue weighted by Crippen LogP contribution is 2.37. The number of nitrogens with zero attached hydrogens (tertiary/aromatic N) is 2. The lowest BCUT2D eigenvalue weighted by atomic mass is 9.92. The molecule has 0 radical (unpaired) electrons. The molecule has 0 saturated carbocycles. The van der Waals surface area contributed by atoms with Gasteiger partial charge in [0.05, 0.1) is 12.6 Å². The van der Waals surface area contributed by atoms with Gasteiger partial charge in [-0.15, -0.1) is 0 Å². The van der Waals surface area contributed by atoms with Crippen LogP contribution in [-0.2, 0) is 0 Å². The Morgan fingerprint density at radius 2 is 1.75 bits per heavy atom. The summed E-state index contributed by atoms with van der Waals surface area (Å²) in [6.07, 6.45) is 3.92. The minimum Gasteiger partial charge on any atom is -0.493 e. The molecule has 2 aromatic carbocycles. The minimum absolute atomic E-state index is 0.173. The first-order valence-electron chi connectivity index (χ1n) is 14.2. The number of amides is 2. The van der Waals surface area contributed by atoms with Gasteiger partial charge in [0.1, 0.15) is 18.1 Å². The zero-order valence-corrected chi connectivity index (χ0v) is 24.8. The zero-order chi connectivity index (χ0) is 28.7. The van der Waals surface area contributed by atoms with Crippen molar-refractivity contribution < 1.29 is 19.0 Å². The van der Waals surface area contributed by atoms with Gasteiger partial charge in [-0.3, -0.25) is 9.88 Å². The average molecular weight is 549 g/mol. The van der Waals surface area contributed by atoms with E-state index in [1.54, 1.807) is 13.3 Å². The fraction of sp³-hybridized carbons (Fsp3) is 0.500. The highest BCUT2D eigenvalue weighted by Gasteiger charge is 2.21. The van der Waals surface area contributed by atoms with Crippen molar-refractivity contribution in [1.29, 1.82) is 0 Å². The summed E-state index contributed by atoms with van der Waals surface area (Å²) in [5.74, 6) is 4.06. The summed E-state index contributed by atoms with van der Waals surface area (Å²) in [5.41, 5.74) is 1.63. The molecule has 2 N–H and O–H groups in total. The van der Waals surface area contributed by atoms with E-state index in [-0.39, 0.29) is 11.4 Å². The van der Waals surface area contributed by atoms with Crippen molar-refractivity contribution in [3.05, 3.63) is 48.7 Å². The molecule has 2 heterocycles. The van der Waals surface area contributed by atoms with E-state index in [0.717, 1.165) is 48.8 Å².